The predicted molar refractivity (Wildman–Crippen MR) is 97.6 cm³/mol. The first-order chi connectivity index (χ1) is 12.9. The maximum absolute atomic E-state index is 12.9. The summed E-state index contributed by atoms with van der Waals surface area (Å²) in [5, 5.41) is 11.7. The highest BCUT2D eigenvalue weighted by Crippen LogP contribution is 2.08. The maximum atomic E-state index is 12.9. The second-order valence-corrected chi connectivity index (χ2v) is 5.99. The summed E-state index contributed by atoms with van der Waals surface area (Å²) in [6, 6.07) is 11.9. The average molecular weight is 372 g/mol. The molecular weight excluding hydrogens is 351 g/mol. The van der Waals surface area contributed by atoms with Gasteiger partial charge in [0.2, 0.25) is 11.8 Å². The van der Waals surface area contributed by atoms with Crippen molar-refractivity contribution in [1.82, 2.24) is 10.2 Å². The molecule has 0 heterocycles. The Kier molecular flexibility index (Phi) is 7.05. The van der Waals surface area contributed by atoms with Gasteiger partial charge in [0.1, 0.15) is 5.82 Å². The summed E-state index contributed by atoms with van der Waals surface area (Å²) in [7, 11) is 0. The van der Waals surface area contributed by atoms with Crippen molar-refractivity contribution >= 4 is 17.8 Å². The van der Waals surface area contributed by atoms with Crippen molar-refractivity contribution in [1.29, 1.82) is 0 Å². The molecule has 2 aromatic carbocycles. The fourth-order valence-electron chi connectivity index (χ4n) is 2.51. The van der Waals surface area contributed by atoms with E-state index in [0.29, 0.717) is 12.1 Å². The van der Waals surface area contributed by atoms with Crippen LogP contribution < -0.4 is 5.32 Å². The first kappa shape index (κ1) is 20.1. The lowest BCUT2D eigenvalue weighted by molar-refractivity contribution is -0.135. The van der Waals surface area contributed by atoms with E-state index in [1.54, 1.807) is 31.2 Å². The molecule has 0 radical (unpaired) electrons. The van der Waals surface area contributed by atoms with Gasteiger partial charge in [0.15, 0.2) is 0 Å². The Morgan fingerprint density at radius 3 is 2.41 bits per heavy atom. The van der Waals surface area contributed by atoms with Crippen molar-refractivity contribution in [2.24, 2.45) is 0 Å². The number of carbonyl (C=O) groups is 3. The number of rotatable bonds is 8. The third kappa shape index (κ3) is 6.22. The van der Waals surface area contributed by atoms with E-state index in [1.807, 2.05) is 0 Å². The molecule has 0 spiro atoms. The number of aromatic carboxylic acids is 1. The van der Waals surface area contributed by atoms with Crippen LogP contribution in [-0.2, 0) is 22.6 Å². The molecule has 0 fully saturated rings. The molecule has 2 aromatic rings. The number of benzene rings is 2. The van der Waals surface area contributed by atoms with Crippen LogP contribution in [0.5, 0.6) is 0 Å². The number of hydrogen-bond acceptors (Lipinski definition) is 3. The number of amides is 2. The summed E-state index contributed by atoms with van der Waals surface area (Å²) in [5.74, 6) is -2.00. The molecule has 2 rings (SSSR count). The van der Waals surface area contributed by atoms with E-state index < -0.39 is 5.97 Å². The zero-order chi connectivity index (χ0) is 19.8. The van der Waals surface area contributed by atoms with Crippen LogP contribution in [0.1, 0.15) is 28.4 Å². The minimum atomic E-state index is -1.06. The largest absolute Gasteiger partial charge is 0.478 e. The van der Waals surface area contributed by atoms with Gasteiger partial charge in [-0.3, -0.25) is 9.59 Å². The highest BCUT2D eigenvalue weighted by molar-refractivity contribution is 5.89. The molecule has 0 saturated carbocycles. The van der Waals surface area contributed by atoms with Crippen molar-refractivity contribution in [2.75, 3.05) is 13.1 Å². The van der Waals surface area contributed by atoms with Crippen molar-refractivity contribution in [3.8, 4) is 0 Å². The normalized spacial score (nSPS) is 10.3. The number of carboxylic acids is 1. The Bertz CT molecular complexity index is 821. The molecule has 0 aliphatic rings. The number of carboxylic acid groups (broad SMARTS) is 1. The van der Waals surface area contributed by atoms with Crippen LogP contribution in [0, 0.1) is 5.82 Å². The van der Waals surface area contributed by atoms with Gasteiger partial charge in [0, 0.05) is 13.1 Å². The topological polar surface area (TPSA) is 86.7 Å². The lowest BCUT2D eigenvalue weighted by Gasteiger charge is -2.20. The van der Waals surface area contributed by atoms with Crippen LogP contribution in [0.25, 0.3) is 0 Å². The minimum Gasteiger partial charge on any atom is -0.478 e. The molecule has 0 aromatic heterocycles. The quantitative estimate of drug-likeness (QED) is 0.744. The van der Waals surface area contributed by atoms with Crippen molar-refractivity contribution in [3.63, 3.8) is 0 Å². The Hall–Kier alpha value is -3.22. The Labute approximate surface area is 156 Å². The molecule has 0 bridgehead atoms. The van der Waals surface area contributed by atoms with Crippen LogP contribution in [0.3, 0.4) is 0 Å². The number of nitrogens with zero attached hydrogens (tertiary/aromatic N) is 1. The molecular formula is C20H21FN2O4. The van der Waals surface area contributed by atoms with Gasteiger partial charge in [-0.2, -0.15) is 0 Å². The second kappa shape index (κ2) is 9.47. The van der Waals surface area contributed by atoms with E-state index in [9.17, 15) is 18.8 Å². The Balaban J connectivity index is 1.90. The van der Waals surface area contributed by atoms with Crippen LogP contribution in [0.4, 0.5) is 4.39 Å². The summed E-state index contributed by atoms with van der Waals surface area (Å²) in [6.45, 7) is 2.25. The maximum Gasteiger partial charge on any atom is 0.335 e. The van der Waals surface area contributed by atoms with Gasteiger partial charge in [0.05, 0.1) is 18.5 Å². The van der Waals surface area contributed by atoms with Crippen LogP contribution in [0.2, 0.25) is 0 Å². The fourth-order valence-corrected chi connectivity index (χ4v) is 2.51. The van der Waals surface area contributed by atoms with Gasteiger partial charge in [0.25, 0.3) is 0 Å². The average Bonchev–Trinajstić information content (AvgIpc) is 2.65. The fraction of sp³-hybridized carbons (Fsp3) is 0.250. The van der Waals surface area contributed by atoms with Gasteiger partial charge in [-0.05, 0) is 42.3 Å². The third-order valence-electron chi connectivity index (χ3n) is 4.00. The van der Waals surface area contributed by atoms with E-state index in [4.69, 9.17) is 5.11 Å². The summed E-state index contributed by atoms with van der Waals surface area (Å²) < 4.78 is 12.9. The van der Waals surface area contributed by atoms with E-state index in [-0.39, 0.29) is 42.7 Å². The molecule has 0 saturated heterocycles. The number of carbonyl (C=O) groups excluding carboxylic acids is 2. The molecule has 0 aliphatic carbocycles. The monoisotopic (exact) mass is 372 g/mol. The second-order valence-electron chi connectivity index (χ2n) is 5.99. The third-order valence-corrected chi connectivity index (χ3v) is 4.00. The molecule has 142 valence electrons. The van der Waals surface area contributed by atoms with Crippen LogP contribution in [0.15, 0.2) is 48.5 Å². The number of hydrogen-bond donors (Lipinski definition) is 2. The van der Waals surface area contributed by atoms with E-state index in [0.717, 1.165) is 5.56 Å². The van der Waals surface area contributed by atoms with Crippen molar-refractivity contribution in [2.45, 2.75) is 19.9 Å². The van der Waals surface area contributed by atoms with Crippen molar-refractivity contribution in [3.05, 3.63) is 71.0 Å². The Morgan fingerprint density at radius 1 is 1.07 bits per heavy atom. The number of nitrogens with one attached hydrogen (secondary N) is 1. The summed E-state index contributed by atoms with van der Waals surface area (Å²) in [6.07, 6.45) is 0.0141. The predicted octanol–water partition coefficient (Wildman–Crippen LogP) is 2.23. The molecule has 6 nitrogen and oxygen atoms in total. The lowest BCUT2D eigenvalue weighted by Crippen LogP contribution is -2.41. The highest BCUT2D eigenvalue weighted by Gasteiger charge is 2.16. The van der Waals surface area contributed by atoms with E-state index in [1.165, 1.54) is 29.2 Å². The number of halogens is 1. The summed E-state index contributed by atoms with van der Waals surface area (Å²) in [5.41, 5.74) is 1.44. The van der Waals surface area contributed by atoms with Crippen molar-refractivity contribution < 1.29 is 23.9 Å². The van der Waals surface area contributed by atoms with Gasteiger partial charge in [-0.25, -0.2) is 9.18 Å². The molecule has 27 heavy (non-hydrogen) atoms. The zero-order valence-corrected chi connectivity index (χ0v) is 14.9. The molecule has 0 unspecified atom stereocenters. The van der Waals surface area contributed by atoms with Gasteiger partial charge < -0.3 is 15.3 Å². The van der Waals surface area contributed by atoms with E-state index >= 15 is 0 Å². The summed E-state index contributed by atoms with van der Waals surface area (Å²) >= 11 is 0. The molecule has 0 atom stereocenters. The molecule has 7 heteroatoms. The molecule has 2 amide bonds. The van der Waals surface area contributed by atoms with Gasteiger partial charge in [-0.1, -0.05) is 24.3 Å². The van der Waals surface area contributed by atoms with Gasteiger partial charge >= 0.3 is 5.97 Å². The lowest BCUT2D eigenvalue weighted by atomic mass is 10.1. The van der Waals surface area contributed by atoms with Crippen LogP contribution >= 0.6 is 0 Å². The minimum absolute atomic E-state index is 0.0141. The first-order valence-corrected chi connectivity index (χ1v) is 8.50. The summed E-state index contributed by atoms with van der Waals surface area (Å²) in [4.78, 5) is 36.9. The molecule has 2 N–H and O–H groups in total. The smallest absolute Gasteiger partial charge is 0.335 e. The standard InChI is InChI=1S/C20H21FN2O4/c1-2-23(13-18(24)22-12-14-6-8-17(21)9-7-14)19(25)11-15-4-3-5-16(10-15)20(26)27/h3-10H,2,11-13H2,1H3,(H,22,24)(H,26,27). The highest BCUT2D eigenvalue weighted by atomic mass is 19.1. The first-order valence-electron chi connectivity index (χ1n) is 8.50. The SMILES string of the molecule is CCN(CC(=O)NCc1ccc(F)cc1)C(=O)Cc1cccc(C(=O)O)c1. The van der Waals surface area contributed by atoms with Crippen LogP contribution in [-0.4, -0.2) is 40.9 Å². The Morgan fingerprint density at radius 2 is 1.78 bits per heavy atom. The van der Waals surface area contributed by atoms with E-state index in [2.05, 4.69) is 5.32 Å². The number of likely N-dealkylation sites (N-methyl/N-ethyl adjacent to an activating group) is 1. The molecule has 0 aliphatic heterocycles. The van der Waals surface area contributed by atoms with Gasteiger partial charge in [-0.15, -0.1) is 0 Å². The zero-order valence-electron chi connectivity index (χ0n) is 14.9.